The zero-order valence-electron chi connectivity index (χ0n) is 16.7. The van der Waals surface area contributed by atoms with Crippen LogP contribution in [0.3, 0.4) is 0 Å². The second-order valence-electron chi connectivity index (χ2n) is 7.00. The molecule has 6 nitrogen and oxygen atoms in total. The Labute approximate surface area is 206 Å². The van der Waals surface area contributed by atoms with Crippen LogP contribution in [0, 0.1) is 0 Å². The summed E-state index contributed by atoms with van der Waals surface area (Å²) < 4.78 is 66.9. The fraction of sp³-hybridized carbons (Fsp3) is 0.0952. The molecule has 0 saturated heterocycles. The molecule has 0 aromatic heterocycles. The van der Waals surface area contributed by atoms with Gasteiger partial charge in [-0.05, 0) is 29.8 Å². The summed E-state index contributed by atoms with van der Waals surface area (Å²) in [6, 6.07) is 12.3. The van der Waals surface area contributed by atoms with Crippen molar-refractivity contribution in [1.82, 2.24) is 5.32 Å². The molecule has 1 aliphatic rings. The molecule has 3 aromatic rings. The summed E-state index contributed by atoms with van der Waals surface area (Å²) in [7, 11) is -6.00. The SMILES string of the molecule is O=C1NCc2c(-c3ccccc3Cl)cc(OS(=O)(=O)C(F)(F)F)cc2N1c1c(Cl)cccc1Cl. The molecule has 2 amide bonds. The number of carbonyl (C=O) groups is 1. The highest BCUT2D eigenvalue weighted by Crippen LogP contribution is 2.46. The van der Waals surface area contributed by atoms with Crippen molar-refractivity contribution >= 4 is 62.3 Å². The van der Waals surface area contributed by atoms with Crippen LogP contribution in [0.4, 0.5) is 29.3 Å². The van der Waals surface area contributed by atoms with E-state index in [9.17, 15) is 26.4 Å². The van der Waals surface area contributed by atoms with Gasteiger partial charge in [-0.25, -0.2) is 4.79 Å². The van der Waals surface area contributed by atoms with Crippen LogP contribution in [0.1, 0.15) is 5.56 Å². The molecule has 0 spiro atoms. The van der Waals surface area contributed by atoms with Gasteiger partial charge in [0.15, 0.2) is 0 Å². The van der Waals surface area contributed by atoms with Crippen molar-refractivity contribution in [2.75, 3.05) is 4.90 Å². The zero-order chi connectivity index (χ0) is 24.8. The number of hydrogen-bond acceptors (Lipinski definition) is 4. The van der Waals surface area contributed by atoms with E-state index in [0.29, 0.717) is 11.1 Å². The van der Waals surface area contributed by atoms with Crippen LogP contribution in [0.15, 0.2) is 54.6 Å². The van der Waals surface area contributed by atoms with Gasteiger partial charge in [0.1, 0.15) is 5.75 Å². The molecule has 0 aliphatic carbocycles. The van der Waals surface area contributed by atoms with Crippen molar-refractivity contribution in [2.24, 2.45) is 0 Å². The fourth-order valence-electron chi connectivity index (χ4n) is 3.44. The molecule has 1 aliphatic heterocycles. The highest BCUT2D eigenvalue weighted by atomic mass is 35.5. The molecule has 1 heterocycles. The van der Waals surface area contributed by atoms with E-state index in [-0.39, 0.29) is 38.6 Å². The van der Waals surface area contributed by atoms with Gasteiger partial charge in [-0.1, -0.05) is 59.1 Å². The monoisotopic (exact) mass is 550 g/mol. The van der Waals surface area contributed by atoms with Crippen LogP contribution >= 0.6 is 34.8 Å². The molecule has 4 rings (SSSR count). The second-order valence-corrected chi connectivity index (χ2v) is 9.76. The van der Waals surface area contributed by atoms with Crippen molar-refractivity contribution in [2.45, 2.75) is 12.1 Å². The first kappa shape index (κ1) is 24.5. The average molecular weight is 552 g/mol. The lowest BCUT2D eigenvalue weighted by atomic mass is 9.95. The summed E-state index contributed by atoms with van der Waals surface area (Å²) in [4.78, 5) is 13.9. The fourth-order valence-corrected chi connectivity index (χ4v) is 4.68. The van der Waals surface area contributed by atoms with Crippen molar-refractivity contribution < 1.29 is 30.6 Å². The van der Waals surface area contributed by atoms with Crippen molar-refractivity contribution in [3.05, 3.63) is 75.2 Å². The van der Waals surface area contributed by atoms with E-state index in [1.807, 2.05) is 0 Å². The Kier molecular flexibility index (Phi) is 6.36. The molecule has 1 N–H and O–H groups in total. The number of carbonyl (C=O) groups excluding carboxylic acids is 1. The highest BCUT2D eigenvalue weighted by Gasteiger charge is 2.48. The standard InChI is InChI=1S/C21H12Cl3F3N2O4S/c22-15-5-2-1-4-12(15)13-8-11(33-34(31,32)21(25,26)27)9-18-14(13)10-28-20(30)29(18)19-16(23)6-3-7-17(19)24/h1-9H,10H2,(H,28,30). The molecule has 0 unspecified atom stereocenters. The van der Waals surface area contributed by atoms with Crippen LogP contribution in [-0.4, -0.2) is 20.0 Å². The molecule has 0 fully saturated rings. The lowest BCUT2D eigenvalue weighted by molar-refractivity contribution is -0.0500. The van der Waals surface area contributed by atoms with E-state index < -0.39 is 27.4 Å². The number of rotatable bonds is 4. The van der Waals surface area contributed by atoms with Gasteiger partial charge in [-0.15, -0.1) is 0 Å². The maximum absolute atomic E-state index is 13.0. The largest absolute Gasteiger partial charge is 0.534 e. The van der Waals surface area contributed by atoms with Crippen LogP contribution in [-0.2, 0) is 16.7 Å². The van der Waals surface area contributed by atoms with Gasteiger partial charge >= 0.3 is 21.7 Å². The topological polar surface area (TPSA) is 75.7 Å². The predicted molar refractivity (Wildman–Crippen MR) is 123 cm³/mol. The minimum atomic E-state index is -6.00. The molecule has 178 valence electrons. The van der Waals surface area contributed by atoms with E-state index in [0.717, 1.165) is 17.0 Å². The molecule has 0 radical (unpaired) electrons. The number of urea groups is 1. The van der Waals surface area contributed by atoms with Gasteiger partial charge < -0.3 is 9.50 Å². The first-order chi connectivity index (χ1) is 15.9. The Bertz CT molecular complexity index is 1390. The third kappa shape index (κ3) is 4.38. The molecule has 3 aromatic carbocycles. The number of fused-ring (bicyclic) bond motifs is 1. The number of nitrogens with one attached hydrogen (secondary N) is 1. The van der Waals surface area contributed by atoms with Crippen LogP contribution in [0.5, 0.6) is 5.75 Å². The summed E-state index contributed by atoms with van der Waals surface area (Å²) in [6.45, 7) is -0.0421. The summed E-state index contributed by atoms with van der Waals surface area (Å²) in [5, 5.41) is 3.03. The molecule has 0 atom stereocenters. The maximum Gasteiger partial charge on any atom is 0.534 e. The van der Waals surface area contributed by atoms with E-state index in [4.69, 9.17) is 34.8 Å². The minimum Gasteiger partial charge on any atom is -0.376 e. The van der Waals surface area contributed by atoms with Crippen LogP contribution in [0.25, 0.3) is 11.1 Å². The number of para-hydroxylation sites is 1. The summed E-state index contributed by atoms with van der Waals surface area (Å²) in [5.41, 5.74) is -4.58. The Morgan fingerprint density at radius 2 is 1.53 bits per heavy atom. The summed E-state index contributed by atoms with van der Waals surface area (Å²) >= 11 is 18.9. The average Bonchev–Trinajstić information content (AvgIpc) is 2.74. The maximum atomic E-state index is 13.0. The molecular formula is C21H12Cl3F3N2O4S. The number of amides is 2. The van der Waals surface area contributed by atoms with Crippen LogP contribution in [0.2, 0.25) is 15.1 Å². The van der Waals surface area contributed by atoms with E-state index in [2.05, 4.69) is 9.50 Å². The van der Waals surface area contributed by atoms with E-state index >= 15 is 0 Å². The van der Waals surface area contributed by atoms with Gasteiger partial charge in [0.2, 0.25) is 0 Å². The number of alkyl halides is 3. The quantitative estimate of drug-likeness (QED) is 0.283. The van der Waals surface area contributed by atoms with Crippen molar-refractivity contribution in [3.63, 3.8) is 0 Å². The molecule has 0 bridgehead atoms. The highest BCUT2D eigenvalue weighted by molar-refractivity contribution is 7.88. The van der Waals surface area contributed by atoms with Gasteiger partial charge in [0.05, 0.1) is 21.4 Å². The summed E-state index contributed by atoms with van der Waals surface area (Å²) in [5.74, 6) is -0.686. The molecule has 34 heavy (non-hydrogen) atoms. The van der Waals surface area contributed by atoms with Crippen molar-refractivity contribution in [3.8, 4) is 16.9 Å². The molecule has 13 heteroatoms. The Balaban J connectivity index is 2.02. The first-order valence-corrected chi connectivity index (χ1v) is 11.9. The Hall–Kier alpha value is -2.66. The lowest BCUT2D eigenvalue weighted by Crippen LogP contribution is -2.41. The smallest absolute Gasteiger partial charge is 0.376 e. The third-order valence-electron chi connectivity index (χ3n) is 4.87. The Morgan fingerprint density at radius 1 is 0.912 bits per heavy atom. The summed E-state index contributed by atoms with van der Waals surface area (Å²) in [6.07, 6.45) is 0. The number of hydrogen-bond donors (Lipinski definition) is 1. The van der Waals surface area contributed by atoms with Crippen LogP contribution < -0.4 is 14.4 Å². The Morgan fingerprint density at radius 3 is 2.15 bits per heavy atom. The molecule has 0 saturated carbocycles. The van der Waals surface area contributed by atoms with Gasteiger partial charge in [0.25, 0.3) is 0 Å². The normalized spacial score (nSPS) is 13.9. The van der Waals surface area contributed by atoms with E-state index in [1.54, 1.807) is 30.3 Å². The third-order valence-corrected chi connectivity index (χ3v) is 6.79. The zero-order valence-corrected chi connectivity index (χ0v) is 19.7. The van der Waals surface area contributed by atoms with Gasteiger partial charge in [-0.3, -0.25) is 4.90 Å². The number of nitrogens with zero attached hydrogens (tertiary/aromatic N) is 1. The number of anilines is 2. The van der Waals surface area contributed by atoms with Crippen molar-refractivity contribution in [1.29, 1.82) is 0 Å². The first-order valence-electron chi connectivity index (χ1n) is 9.35. The number of halogens is 6. The van der Waals surface area contributed by atoms with Gasteiger partial charge in [0, 0.05) is 28.8 Å². The predicted octanol–water partition coefficient (Wildman–Crippen LogP) is 6.90. The minimum absolute atomic E-state index is 0.0172. The van der Waals surface area contributed by atoms with Gasteiger partial charge in [-0.2, -0.15) is 21.6 Å². The second kappa shape index (κ2) is 8.84. The lowest BCUT2D eigenvalue weighted by Gasteiger charge is -2.33. The number of benzene rings is 3. The van der Waals surface area contributed by atoms with E-state index in [1.165, 1.54) is 12.1 Å². The molecular weight excluding hydrogens is 540 g/mol.